The van der Waals surface area contributed by atoms with Gasteiger partial charge in [0.25, 0.3) is 0 Å². The maximum Gasteiger partial charge on any atom is 0.174 e. The Labute approximate surface area is 123 Å². The molecule has 0 radical (unpaired) electrons. The van der Waals surface area contributed by atoms with Crippen LogP contribution < -0.4 is 10.1 Å². The van der Waals surface area contributed by atoms with Gasteiger partial charge in [-0.15, -0.1) is 11.3 Å². The highest BCUT2D eigenvalue weighted by atomic mass is 32.1. The predicted molar refractivity (Wildman–Crippen MR) is 83.4 cm³/mol. The molecule has 0 fully saturated rings. The number of aryl methyl sites for hydroxylation is 2. The molecule has 2 rings (SSSR count). The molecule has 0 saturated carbocycles. The van der Waals surface area contributed by atoms with Gasteiger partial charge in [-0.3, -0.25) is 0 Å². The first kappa shape index (κ1) is 14.4. The highest BCUT2D eigenvalue weighted by Crippen LogP contribution is 2.29. The quantitative estimate of drug-likeness (QED) is 0.883. The highest BCUT2D eigenvalue weighted by Gasteiger charge is 2.11. The van der Waals surface area contributed by atoms with Crippen LogP contribution >= 0.6 is 11.3 Å². The number of benzene rings is 1. The van der Waals surface area contributed by atoms with E-state index in [4.69, 9.17) is 10.00 Å². The van der Waals surface area contributed by atoms with Gasteiger partial charge in [-0.2, -0.15) is 5.26 Å². The van der Waals surface area contributed by atoms with Crippen LogP contribution in [0.2, 0.25) is 0 Å². The summed E-state index contributed by atoms with van der Waals surface area (Å²) >= 11 is 1.82. The van der Waals surface area contributed by atoms with Crippen LogP contribution in [0.1, 0.15) is 28.3 Å². The number of nitriles is 1. The van der Waals surface area contributed by atoms with E-state index >= 15 is 0 Å². The number of hydrogen-bond donors (Lipinski definition) is 1. The van der Waals surface area contributed by atoms with Crippen LogP contribution in [-0.2, 0) is 0 Å². The zero-order valence-corrected chi connectivity index (χ0v) is 12.8. The van der Waals surface area contributed by atoms with Crippen LogP contribution in [0, 0.1) is 25.2 Å². The van der Waals surface area contributed by atoms with Gasteiger partial charge >= 0.3 is 0 Å². The van der Waals surface area contributed by atoms with Crippen LogP contribution in [0.25, 0.3) is 0 Å². The Morgan fingerprint density at radius 2 is 2.15 bits per heavy atom. The van der Waals surface area contributed by atoms with Crippen molar-refractivity contribution < 1.29 is 4.74 Å². The summed E-state index contributed by atoms with van der Waals surface area (Å²) in [7, 11) is 0. The first-order chi connectivity index (χ1) is 9.60. The Kier molecular flexibility index (Phi) is 4.65. The number of anilines is 1. The molecule has 0 aliphatic heterocycles. The van der Waals surface area contributed by atoms with Gasteiger partial charge in [0.05, 0.1) is 0 Å². The molecular weight excluding hydrogens is 268 g/mol. The summed E-state index contributed by atoms with van der Waals surface area (Å²) < 4.78 is 5.31. The third-order valence-electron chi connectivity index (χ3n) is 3.07. The molecule has 1 unspecified atom stereocenters. The van der Waals surface area contributed by atoms with E-state index < -0.39 is 0 Å². The highest BCUT2D eigenvalue weighted by molar-refractivity contribution is 7.12. The van der Waals surface area contributed by atoms with Crippen molar-refractivity contribution in [3.63, 3.8) is 0 Å². The molecule has 0 spiro atoms. The average molecular weight is 286 g/mol. The maximum atomic E-state index is 8.53. The minimum Gasteiger partial charge on any atom is -0.479 e. The smallest absolute Gasteiger partial charge is 0.174 e. The number of ether oxygens (including phenoxy) is 1. The number of nitrogens with zero attached hydrogens (tertiary/aromatic N) is 1. The molecule has 1 N–H and O–H groups in total. The third-order valence-corrected chi connectivity index (χ3v) is 4.05. The van der Waals surface area contributed by atoms with E-state index in [9.17, 15) is 0 Å². The normalized spacial score (nSPS) is 11.7. The summed E-state index contributed by atoms with van der Waals surface area (Å²) in [5.41, 5.74) is 2.33. The van der Waals surface area contributed by atoms with Crippen molar-refractivity contribution in [2.75, 3.05) is 11.9 Å². The monoisotopic (exact) mass is 286 g/mol. The van der Waals surface area contributed by atoms with Crippen LogP contribution in [-0.4, -0.2) is 6.61 Å². The van der Waals surface area contributed by atoms with E-state index in [1.54, 1.807) is 0 Å². The lowest BCUT2D eigenvalue weighted by molar-refractivity contribution is 0.368. The molecule has 0 aliphatic rings. The van der Waals surface area contributed by atoms with E-state index in [1.807, 2.05) is 41.7 Å². The van der Waals surface area contributed by atoms with Gasteiger partial charge in [-0.05, 0) is 44.5 Å². The molecule has 0 aliphatic carbocycles. The summed E-state index contributed by atoms with van der Waals surface area (Å²) in [4.78, 5) is 2.68. The average Bonchev–Trinajstić information content (AvgIpc) is 2.76. The second-order valence-corrected chi connectivity index (χ2v) is 6.17. The molecular formula is C16H18N2OS. The molecule has 1 atom stereocenters. The van der Waals surface area contributed by atoms with E-state index in [0.717, 1.165) is 5.69 Å². The Hall–Kier alpha value is -1.99. The van der Waals surface area contributed by atoms with Crippen molar-refractivity contribution >= 4 is 17.0 Å². The molecule has 0 saturated heterocycles. The van der Waals surface area contributed by atoms with E-state index in [1.165, 1.54) is 15.3 Å². The number of hydrogen-bond acceptors (Lipinski definition) is 4. The first-order valence-corrected chi connectivity index (χ1v) is 7.35. The van der Waals surface area contributed by atoms with Crippen LogP contribution in [0.3, 0.4) is 0 Å². The summed E-state index contributed by atoms with van der Waals surface area (Å²) in [6, 6.07) is 12.1. The topological polar surface area (TPSA) is 45.0 Å². The predicted octanol–water partition coefficient (Wildman–Crippen LogP) is 4.44. The lowest BCUT2D eigenvalue weighted by atomic mass is 10.1. The second kappa shape index (κ2) is 6.44. The summed E-state index contributed by atoms with van der Waals surface area (Å²) in [5, 5.41) is 12.0. The van der Waals surface area contributed by atoms with Gasteiger partial charge in [-0.1, -0.05) is 6.07 Å². The standard InChI is InChI=1S/C16H18N2OS/c1-11-9-16(13(3)20-11)12(2)18-14-5-4-6-15(10-14)19-8-7-17/h4-6,9-10,12,18H,8H2,1-3H3. The number of thiophene rings is 1. The fourth-order valence-corrected chi connectivity index (χ4v) is 3.22. The van der Waals surface area contributed by atoms with Gasteiger partial charge in [0, 0.05) is 27.5 Å². The molecule has 0 bridgehead atoms. The van der Waals surface area contributed by atoms with Crippen molar-refractivity contribution in [3.05, 3.63) is 45.6 Å². The fraction of sp³-hybridized carbons (Fsp3) is 0.312. The second-order valence-electron chi connectivity index (χ2n) is 4.71. The van der Waals surface area contributed by atoms with Gasteiger partial charge in [0.1, 0.15) is 11.8 Å². The van der Waals surface area contributed by atoms with Crippen LogP contribution in [0.4, 0.5) is 5.69 Å². The van der Waals surface area contributed by atoms with E-state index in [-0.39, 0.29) is 12.6 Å². The van der Waals surface area contributed by atoms with Crippen molar-refractivity contribution in [1.29, 1.82) is 5.26 Å². The van der Waals surface area contributed by atoms with E-state index in [2.05, 4.69) is 32.2 Å². The summed E-state index contributed by atoms with van der Waals surface area (Å²) in [5.74, 6) is 0.710. The van der Waals surface area contributed by atoms with Crippen molar-refractivity contribution in [2.45, 2.75) is 26.8 Å². The molecule has 4 heteroatoms. The molecule has 104 valence electrons. The van der Waals surface area contributed by atoms with Crippen molar-refractivity contribution in [1.82, 2.24) is 0 Å². The van der Waals surface area contributed by atoms with Gasteiger partial charge < -0.3 is 10.1 Å². The fourth-order valence-electron chi connectivity index (χ4n) is 2.20. The van der Waals surface area contributed by atoms with Gasteiger partial charge in [0.2, 0.25) is 0 Å². The molecule has 3 nitrogen and oxygen atoms in total. The number of rotatable bonds is 5. The Bertz CT molecular complexity index is 628. The summed E-state index contributed by atoms with van der Waals surface area (Å²) in [6.45, 7) is 6.50. The maximum absolute atomic E-state index is 8.53. The molecule has 20 heavy (non-hydrogen) atoms. The SMILES string of the molecule is Cc1cc(C(C)Nc2cccc(OCC#N)c2)c(C)s1. The lowest BCUT2D eigenvalue weighted by Crippen LogP contribution is -2.06. The Balaban J connectivity index is 2.09. The summed E-state index contributed by atoms with van der Waals surface area (Å²) in [6.07, 6.45) is 0. The zero-order chi connectivity index (χ0) is 14.5. The van der Waals surface area contributed by atoms with E-state index in [0.29, 0.717) is 5.75 Å². The first-order valence-electron chi connectivity index (χ1n) is 6.53. The lowest BCUT2D eigenvalue weighted by Gasteiger charge is -2.16. The van der Waals surface area contributed by atoms with Gasteiger partial charge in [0.15, 0.2) is 6.61 Å². The van der Waals surface area contributed by atoms with Crippen LogP contribution in [0.5, 0.6) is 5.75 Å². The molecule has 2 aromatic rings. The molecule has 0 amide bonds. The van der Waals surface area contributed by atoms with Crippen molar-refractivity contribution in [2.24, 2.45) is 0 Å². The van der Waals surface area contributed by atoms with Gasteiger partial charge in [-0.25, -0.2) is 0 Å². The number of nitrogens with one attached hydrogen (secondary N) is 1. The zero-order valence-electron chi connectivity index (χ0n) is 11.9. The third kappa shape index (κ3) is 3.52. The van der Waals surface area contributed by atoms with Crippen LogP contribution in [0.15, 0.2) is 30.3 Å². The largest absolute Gasteiger partial charge is 0.479 e. The minimum absolute atomic E-state index is 0.0713. The Morgan fingerprint density at radius 3 is 2.80 bits per heavy atom. The molecule has 1 heterocycles. The van der Waals surface area contributed by atoms with Crippen molar-refractivity contribution in [3.8, 4) is 11.8 Å². The Morgan fingerprint density at radius 1 is 1.35 bits per heavy atom. The molecule has 1 aromatic carbocycles. The minimum atomic E-state index is 0.0713. The molecule has 1 aromatic heterocycles.